The Labute approximate surface area is 238 Å². The van der Waals surface area contributed by atoms with Crippen LogP contribution in [-0.2, 0) is 0 Å². The molecule has 0 aliphatic heterocycles. The molecule has 2 N–H and O–H groups in total. The third-order valence-corrected chi connectivity index (χ3v) is 6.08. The lowest BCUT2D eigenvalue weighted by Gasteiger charge is -2.23. The highest BCUT2D eigenvalue weighted by Gasteiger charge is 2.17. The van der Waals surface area contributed by atoms with Crippen LogP contribution in [0.25, 0.3) is 0 Å². The number of hydrogen-bond acceptors (Lipinski definition) is 8. The van der Waals surface area contributed by atoms with Gasteiger partial charge in [-0.15, -0.1) is 15.3 Å². The summed E-state index contributed by atoms with van der Waals surface area (Å²) in [6.45, 7) is 0.869. The molecule has 0 spiro atoms. The molecule has 198 valence electrons. The molecule has 0 aromatic heterocycles. The van der Waals surface area contributed by atoms with Gasteiger partial charge in [0.05, 0.1) is 48.9 Å². The van der Waals surface area contributed by atoms with E-state index in [4.69, 9.17) is 26.9 Å². The molecular formula is C27H23BrClN7O3. The summed E-state index contributed by atoms with van der Waals surface area (Å²) in [5.41, 5.74) is 4.07. The molecule has 0 heterocycles. The van der Waals surface area contributed by atoms with Crippen LogP contribution in [0, 0.1) is 22.7 Å². The second kappa shape index (κ2) is 14.5. The van der Waals surface area contributed by atoms with Gasteiger partial charge in [0.15, 0.2) is 0 Å². The number of hydrazone groups is 1. The van der Waals surface area contributed by atoms with Crippen LogP contribution in [0.4, 0.5) is 11.4 Å². The Kier molecular flexibility index (Phi) is 10.8. The van der Waals surface area contributed by atoms with Crippen molar-refractivity contribution in [3.8, 4) is 23.6 Å². The van der Waals surface area contributed by atoms with Crippen LogP contribution in [0.3, 0.4) is 0 Å². The van der Waals surface area contributed by atoms with Gasteiger partial charge in [0.1, 0.15) is 11.5 Å². The number of hydrogen-bond donors (Lipinski definition) is 2. The van der Waals surface area contributed by atoms with Gasteiger partial charge in [0, 0.05) is 34.3 Å². The average molecular weight is 609 g/mol. The number of nitrogens with one attached hydrogen (secondary N) is 1. The number of amidine groups is 1. The molecule has 0 radical (unpaired) electrons. The van der Waals surface area contributed by atoms with E-state index in [1.807, 2.05) is 4.90 Å². The fourth-order valence-electron chi connectivity index (χ4n) is 3.40. The van der Waals surface area contributed by atoms with E-state index in [-0.39, 0.29) is 30.0 Å². The number of methoxy groups -OCH3 is 1. The largest absolute Gasteiger partial charge is 0.507 e. The smallest absolute Gasteiger partial charge is 0.275 e. The van der Waals surface area contributed by atoms with Crippen molar-refractivity contribution in [3.05, 3.63) is 81.3 Å². The van der Waals surface area contributed by atoms with E-state index in [1.54, 1.807) is 48.5 Å². The Morgan fingerprint density at radius 1 is 1.05 bits per heavy atom. The Hall–Kier alpha value is -4.45. The molecule has 0 unspecified atom stereocenters. The maximum Gasteiger partial charge on any atom is 0.275 e. The first-order chi connectivity index (χ1) is 18.9. The van der Waals surface area contributed by atoms with Gasteiger partial charge in [-0.2, -0.15) is 10.5 Å². The van der Waals surface area contributed by atoms with E-state index in [1.165, 1.54) is 19.2 Å². The SMILES string of the molecule is COc1cc(N(CCC#N)CCC#N)ccc1C(N=Nc1ccc(Cl)cc1)=NNC(=O)c1cc(Br)ccc1O. The number of nitrogens with zero attached hydrogens (tertiary/aromatic N) is 6. The van der Waals surface area contributed by atoms with Crippen LogP contribution in [0.1, 0.15) is 28.8 Å². The van der Waals surface area contributed by atoms with Gasteiger partial charge in [0.2, 0.25) is 5.84 Å². The molecule has 0 saturated carbocycles. The Morgan fingerprint density at radius 2 is 1.74 bits per heavy atom. The highest BCUT2D eigenvalue weighted by Crippen LogP contribution is 2.28. The minimum Gasteiger partial charge on any atom is -0.507 e. The number of anilines is 1. The van der Waals surface area contributed by atoms with E-state index in [0.717, 1.165) is 5.69 Å². The van der Waals surface area contributed by atoms with E-state index < -0.39 is 5.91 Å². The number of benzene rings is 3. The van der Waals surface area contributed by atoms with Crippen LogP contribution in [0.2, 0.25) is 5.02 Å². The number of azo groups is 1. The van der Waals surface area contributed by atoms with Gasteiger partial charge in [-0.05, 0) is 54.6 Å². The second-order valence-electron chi connectivity index (χ2n) is 7.90. The van der Waals surface area contributed by atoms with Crippen LogP contribution < -0.4 is 15.1 Å². The number of carbonyl (C=O) groups is 1. The zero-order valence-electron chi connectivity index (χ0n) is 20.8. The molecule has 0 aliphatic carbocycles. The lowest BCUT2D eigenvalue weighted by Crippen LogP contribution is -2.25. The normalized spacial score (nSPS) is 11.1. The quantitative estimate of drug-likeness (QED) is 0.119. The highest BCUT2D eigenvalue weighted by atomic mass is 79.9. The zero-order chi connectivity index (χ0) is 28.2. The number of halogens is 2. The fraction of sp³-hybridized carbons (Fsp3) is 0.185. The summed E-state index contributed by atoms with van der Waals surface area (Å²) in [6, 6.07) is 20.6. The number of phenols is 1. The number of nitriles is 2. The van der Waals surface area contributed by atoms with E-state index >= 15 is 0 Å². The van der Waals surface area contributed by atoms with Crippen molar-refractivity contribution < 1.29 is 14.6 Å². The van der Waals surface area contributed by atoms with E-state index in [2.05, 4.69) is 48.8 Å². The van der Waals surface area contributed by atoms with Crippen LogP contribution in [0.15, 0.2) is 80.5 Å². The topological polar surface area (TPSA) is 146 Å². The van der Waals surface area contributed by atoms with Gasteiger partial charge < -0.3 is 14.7 Å². The standard InChI is InChI=1S/C27H23BrClN7O3/c1-39-25-17-21(36(14-2-12-30)15-3-13-31)9-10-22(25)26(33-32-20-7-5-19(29)6-8-20)34-35-27(38)23-16-18(28)4-11-24(23)37/h4-11,16-17,37H,2-3,14-15H2,1H3,(H,35,38). The summed E-state index contributed by atoms with van der Waals surface area (Å²) < 4.78 is 6.21. The van der Waals surface area contributed by atoms with Crippen molar-refractivity contribution >= 4 is 50.6 Å². The third kappa shape index (κ3) is 8.27. The summed E-state index contributed by atoms with van der Waals surface area (Å²) in [7, 11) is 1.48. The molecule has 39 heavy (non-hydrogen) atoms. The van der Waals surface area contributed by atoms with Crippen molar-refractivity contribution in [1.82, 2.24) is 5.43 Å². The summed E-state index contributed by atoms with van der Waals surface area (Å²) in [5.74, 6) is -0.480. The Morgan fingerprint density at radius 3 is 2.38 bits per heavy atom. The lowest BCUT2D eigenvalue weighted by atomic mass is 10.1. The van der Waals surface area contributed by atoms with Crippen LogP contribution in [-0.4, -0.2) is 37.0 Å². The van der Waals surface area contributed by atoms with Gasteiger partial charge >= 0.3 is 0 Å². The predicted molar refractivity (Wildman–Crippen MR) is 151 cm³/mol. The number of phenolic OH excluding ortho intramolecular Hbond substituents is 1. The fourth-order valence-corrected chi connectivity index (χ4v) is 3.89. The first-order valence-electron chi connectivity index (χ1n) is 11.6. The van der Waals surface area contributed by atoms with Gasteiger partial charge in [-0.3, -0.25) is 4.79 Å². The molecule has 0 fully saturated rings. The van der Waals surface area contributed by atoms with E-state index in [9.17, 15) is 9.90 Å². The summed E-state index contributed by atoms with van der Waals surface area (Å²) in [6.07, 6.45) is 0.567. The maximum absolute atomic E-state index is 12.8. The molecular weight excluding hydrogens is 586 g/mol. The first kappa shape index (κ1) is 29.1. The van der Waals surface area contributed by atoms with Crippen molar-refractivity contribution in [2.75, 3.05) is 25.1 Å². The minimum atomic E-state index is -0.664. The average Bonchev–Trinajstić information content (AvgIpc) is 2.95. The first-order valence-corrected chi connectivity index (χ1v) is 12.7. The number of rotatable bonds is 10. The molecule has 3 aromatic carbocycles. The minimum absolute atomic E-state index is 0.00931. The third-order valence-electron chi connectivity index (χ3n) is 5.33. The Balaban J connectivity index is 2.01. The molecule has 10 nitrogen and oxygen atoms in total. The second-order valence-corrected chi connectivity index (χ2v) is 9.25. The molecule has 0 atom stereocenters. The zero-order valence-corrected chi connectivity index (χ0v) is 23.1. The molecule has 0 saturated heterocycles. The number of carbonyl (C=O) groups excluding carboxylic acids is 1. The number of ether oxygens (including phenoxy) is 1. The van der Waals surface area contributed by atoms with Crippen molar-refractivity contribution in [2.24, 2.45) is 15.3 Å². The molecule has 12 heteroatoms. The van der Waals surface area contributed by atoms with Crippen LogP contribution >= 0.6 is 27.5 Å². The van der Waals surface area contributed by atoms with E-state index in [0.29, 0.717) is 39.6 Å². The predicted octanol–water partition coefficient (Wildman–Crippen LogP) is 6.33. The monoisotopic (exact) mass is 607 g/mol. The number of aromatic hydroxyl groups is 1. The van der Waals surface area contributed by atoms with Crippen molar-refractivity contribution in [2.45, 2.75) is 12.8 Å². The number of amides is 1. The maximum atomic E-state index is 12.8. The molecule has 3 aromatic rings. The molecule has 0 aliphatic rings. The van der Waals surface area contributed by atoms with Crippen molar-refractivity contribution in [3.63, 3.8) is 0 Å². The van der Waals surface area contributed by atoms with Gasteiger partial charge in [-0.25, -0.2) is 5.43 Å². The van der Waals surface area contributed by atoms with Gasteiger partial charge in [-0.1, -0.05) is 27.5 Å². The van der Waals surface area contributed by atoms with Gasteiger partial charge in [0.25, 0.3) is 5.91 Å². The highest BCUT2D eigenvalue weighted by molar-refractivity contribution is 9.10. The Bertz CT molecular complexity index is 1450. The summed E-state index contributed by atoms with van der Waals surface area (Å²) in [4.78, 5) is 14.7. The summed E-state index contributed by atoms with van der Waals surface area (Å²) in [5, 5.41) is 41.3. The lowest BCUT2D eigenvalue weighted by molar-refractivity contribution is 0.0952. The van der Waals surface area contributed by atoms with Crippen molar-refractivity contribution in [1.29, 1.82) is 10.5 Å². The molecule has 1 amide bonds. The van der Waals surface area contributed by atoms with Crippen LogP contribution in [0.5, 0.6) is 11.5 Å². The summed E-state index contributed by atoms with van der Waals surface area (Å²) >= 11 is 9.24. The molecule has 3 rings (SSSR count). The molecule has 0 bridgehead atoms.